The molecule has 0 radical (unpaired) electrons. The van der Waals surface area contributed by atoms with Gasteiger partial charge in [-0.2, -0.15) is 0 Å². The molecule has 0 fully saturated rings. The van der Waals surface area contributed by atoms with Crippen LogP contribution in [0, 0.1) is 5.41 Å². The molecule has 68 valence electrons. The molecule has 1 aromatic rings. The van der Waals surface area contributed by atoms with E-state index >= 15 is 0 Å². The van der Waals surface area contributed by atoms with Crippen LogP contribution >= 0.6 is 0 Å². The predicted octanol–water partition coefficient (Wildman–Crippen LogP) is 0.465. The van der Waals surface area contributed by atoms with Crippen LogP contribution in [0.5, 0.6) is 0 Å². The Kier molecular flexibility index (Phi) is 2.49. The molecule has 5 nitrogen and oxygen atoms in total. The average molecular weight is 178 g/mol. The van der Waals surface area contributed by atoms with Crippen molar-refractivity contribution in [1.82, 2.24) is 0 Å². The first kappa shape index (κ1) is 9.05. The normalized spacial score (nSPS) is 9.23. The lowest BCUT2D eigenvalue weighted by Crippen LogP contribution is -2.44. The maximum absolute atomic E-state index is 10.9. The first-order valence-corrected chi connectivity index (χ1v) is 3.61. The number of anilines is 1. The third-order valence-electron chi connectivity index (χ3n) is 1.48. The number of amides is 2. The van der Waals surface area contributed by atoms with Gasteiger partial charge in [-0.25, -0.2) is 9.69 Å². The zero-order valence-electron chi connectivity index (χ0n) is 6.90. The number of carbonyl (C=O) groups excluding carboxylic acids is 1. The fraction of sp³-hybridized carbons (Fsp3) is 0. The zero-order valence-corrected chi connectivity index (χ0v) is 6.90. The van der Waals surface area contributed by atoms with Crippen LogP contribution in [0.15, 0.2) is 30.3 Å². The van der Waals surface area contributed by atoms with E-state index in [1.807, 2.05) is 0 Å². The number of hydrogen-bond donors (Lipinski definition) is 3. The summed E-state index contributed by atoms with van der Waals surface area (Å²) in [5.74, 6) is -0.390. The number of nitrogens with two attached hydrogens (primary N) is 2. The molecule has 0 unspecified atom stereocenters. The van der Waals surface area contributed by atoms with Gasteiger partial charge >= 0.3 is 6.03 Å². The summed E-state index contributed by atoms with van der Waals surface area (Å²) >= 11 is 0. The van der Waals surface area contributed by atoms with Crippen molar-refractivity contribution in [2.75, 3.05) is 4.90 Å². The van der Waals surface area contributed by atoms with Crippen LogP contribution in [-0.2, 0) is 0 Å². The lowest BCUT2D eigenvalue weighted by molar-refractivity contribution is 0.256. The third-order valence-corrected chi connectivity index (χ3v) is 1.48. The van der Waals surface area contributed by atoms with Crippen LogP contribution in [0.3, 0.4) is 0 Å². The Bertz CT molecular complexity index is 308. The summed E-state index contributed by atoms with van der Waals surface area (Å²) in [6, 6.07) is 7.78. The molecule has 5 N–H and O–H groups in total. The van der Waals surface area contributed by atoms with Gasteiger partial charge in [-0.1, -0.05) is 18.2 Å². The largest absolute Gasteiger partial charge is 0.369 e. The minimum atomic E-state index is -0.765. The number of carbonyl (C=O) groups is 1. The maximum atomic E-state index is 10.9. The van der Waals surface area contributed by atoms with Gasteiger partial charge in [0.15, 0.2) is 0 Å². The van der Waals surface area contributed by atoms with Crippen LogP contribution in [0.4, 0.5) is 10.5 Å². The van der Waals surface area contributed by atoms with Crippen molar-refractivity contribution >= 4 is 17.7 Å². The van der Waals surface area contributed by atoms with Gasteiger partial charge < -0.3 is 11.5 Å². The SMILES string of the molecule is N=C(N)N(C(N)=O)c1ccccc1. The zero-order chi connectivity index (χ0) is 9.84. The Morgan fingerprint density at radius 3 is 2.15 bits per heavy atom. The quantitative estimate of drug-likeness (QED) is 0.430. The summed E-state index contributed by atoms with van der Waals surface area (Å²) in [6.45, 7) is 0. The van der Waals surface area contributed by atoms with Gasteiger partial charge in [-0.15, -0.1) is 0 Å². The average Bonchev–Trinajstić information content (AvgIpc) is 2.04. The van der Waals surface area contributed by atoms with E-state index in [-0.39, 0.29) is 0 Å². The number of primary amides is 1. The van der Waals surface area contributed by atoms with Gasteiger partial charge in [0.05, 0.1) is 5.69 Å². The molecule has 5 heteroatoms. The second-order valence-electron chi connectivity index (χ2n) is 2.39. The molecule has 0 heterocycles. The minimum absolute atomic E-state index is 0.390. The molecule has 0 aromatic heterocycles. The maximum Gasteiger partial charge on any atom is 0.326 e. The highest BCUT2D eigenvalue weighted by molar-refractivity contribution is 6.13. The number of rotatable bonds is 1. The van der Waals surface area contributed by atoms with Crippen molar-refractivity contribution in [2.24, 2.45) is 11.5 Å². The predicted molar refractivity (Wildman–Crippen MR) is 50.4 cm³/mol. The van der Waals surface area contributed by atoms with E-state index in [4.69, 9.17) is 16.9 Å². The van der Waals surface area contributed by atoms with E-state index in [9.17, 15) is 4.79 Å². The fourth-order valence-electron chi connectivity index (χ4n) is 0.962. The van der Waals surface area contributed by atoms with Crippen molar-refractivity contribution in [2.45, 2.75) is 0 Å². The number of nitrogens with one attached hydrogen (secondary N) is 1. The molecule has 0 aliphatic heterocycles. The second-order valence-corrected chi connectivity index (χ2v) is 2.39. The Morgan fingerprint density at radius 1 is 1.23 bits per heavy atom. The first-order valence-electron chi connectivity index (χ1n) is 3.61. The molecule has 2 amide bonds. The van der Waals surface area contributed by atoms with Crippen LogP contribution in [0.1, 0.15) is 0 Å². The number of nitrogens with zero attached hydrogens (tertiary/aromatic N) is 1. The Labute approximate surface area is 75.4 Å². The molecule has 0 spiro atoms. The molecule has 13 heavy (non-hydrogen) atoms. The summed E-state index contributed by atoms with van der Waals surface area (Å²) in [6.07, 6.45) is 0. The molecule has 0 bridgehead atoms. The summed E-state index contributed by atoms with van der Waals surface area (Å²) in [7, 11) is 0. The van der Waals surface area contributed by atoms with E-state index < -0.39 is 12.0 Å². The van der Waals surface area contributed by atoms with E-state index in [1.54, 1.807) is 30.3 Å². The van der Waals surface area contributed by atoms with Gasteiger partial charge in [0, 0.05) is 0 Å². The molecule has 0 aliphatic rings. The molecule has 0 aliphatic carbocycles. The van der Waals surface area contributed by atoms with Crippen molar-refractivity contribution in [3.05, 3.63) is 30.3 Å². The van der Waals surface area contributed by atoms with Crippen molar-refractivity contribution < 1.29 is 4.79 Å². The highest BCUT2D eigenvalue weighted by Crippen LogP contribution is 2.11. The topological polar surface area (TPSA) is 96.2 Å². The van der Waals surface area contributed by atoms with E-state index in [1.165, 1.54) is 0 Å². The van der Waals surface area contributed by atoms with E-state index in [0.29, 0.717) is 5.69 Å². The number of guanidine groups is 1. The first-order chi connectivity index (χ1) is 6.13. The van der Waals surface area contributed by atoms with Crippen molar-refractivity contribution in [3.63, 3.8) is 0 Å². The van der Waals surface area contributed by atoms with Crippen LogP contribution in [-0.4, -0.2) is 12.0 Å². The van der Waals surface area contributed by atoms with Crippen molar-refractivity contribution in [1.29, 1.82) is 5.41 Å². The summed E-state index contributed by atoms with van der Waals surface area (Å²) in [5, 5.41) is 7.12. The fourth-order valence-corrected chi connectivity index (χ4v) is 0.962. The van der Waals surface area contributed by atoms with Crippen LogP contribution < -0.4 is 16.4 Å². The molecular weight excluding hydrogens is 168 g/mol. The molecule has 0 saturated carbocycles. The number of hydrogen-bond acceptors (Lipinski definition) is 2. The summed E-state index contributed by atoms with van der Waals surface area (Å²) < 4.78 is 0. The van der Waals surface area contributed by atoms with Crippen LogP contribution in [0.2, 0.25) is 0 Å². The molecule has 1 rings (SSSR count). The van der Waals surface area contributed by atoms with Gasteiger partial charge in [0.25, 0.3) is 0 Å². The Hall–Kier alpha value is -2.04. The molecule has 1 aromatic carbocycles. The lowest BCUT2D eigenvalue weighted by atomic mass is 10.3. The minimum Gasteiger partial charge on any atom is -0.369 e. The van der Waals surface area contributed by atoms with Crippen LogP contribution in [0.25, 0.3) is 0 Å². The van der Waals surface area contributed by atoms with Gasteiger partial charge in [-0.3, -0.25) is 5.41 Å². The number of para-hydroxylation sites is 1. The second kappa shape index (κ2) is 3.57. The monoisotopic (exact) mass is 178 g/mol. The Morgan fingerprint density at radius 2 is 1.77 bits per heavy atom. The summed E-state index contributed by atoms with van der Waals surface area (Å²) in [5.41, 5.74) is 10.7. The smallest absolute Gasteiger partial charge is 0.326 e. The number of urea groups is 1. The number of benzene rings is 1. The van der Waals surface area contributed by atoms with E-state index in [0.717, 1.165) is 4.90 Å². The third kappa shape index (κ3) is 1.96. The summed E-state index contributed by atoms with van der Waals surface area (Å²) in [4.78, 5) is 11.8. The lowest BCUT2D eigenvalue weighted by Gasteiger charge is -2.17. The standard InChI is InChI=1S/C8H10N4O/c9-7(10)12(8(11)13)6-4-2-1-3-5-6/h1-5H,(H3,9,10)(H2,11,13). The highest BCUT2D eigenvalue weighted by atomic mass is 16.2. The van der Waals surface area contributed by atoms with E-state index in [2.05, 4.69) is 0 Å². The van der Waals surface area contributed by atoms with Crippen molar-refractivity contribution in [3.8, 4) is 0 Å². The molecular formula is C8H10N4O. The van der Waals surface area contributed by atoms with Gasteiger partial charge in [0.1, 0.15) is 0 Å². The molecule has 0 saturated heterocycles. The Balaban J connectivity index is 3.03. The molecule has 0 atom stereocenters. The highest BCUT2D eigenvalue weighted by Gasteiger charge is 2.13. The van der Waals surface area contributed by atoms with Gasteiger partial charge in [0.2, 0.25) is 5.96 Å². The van der Waals surface area contributed by atoms with Gasteiger partial charge in [-0.05, 0) is 12.1 Å².